The van der Waals surface area contributed by atoms with Gasteiger partial charge in [0.1, 0.15) is 5.03 Å². The van der Waals surface area contributed by atoms with Crippen molar-refractivity contribution < 1.29 is 9.53 Å². The topological polar surface area (TPSA) is 61.8 Å². The van der Waals surface area contributed by atoms with E-state index in [4.69, 9.17) is 14.7 Å². The average molecular weight is 484 g/mol. The fraction of sp³-hybridized carbons (Fsp3) is 0.654. The van der Waals surface area contributed by atoms with Gasteiger partial charge in [0.25, 0.3) is 0 Å². The molecular weight excluding hydrogens is 446 g/mol. The molecule has 1 aliphatic carbocycles. The van der Waals surface area contributed by atoms with Gasteiger partial charge in [0, 0.05) is 45.3 Å². The summed E-state index contributed by atoms with van der Waals surface area (Å²) < 4.78 is 5.93. The zero-order valence-electron chi connectivity index (χ0n) is 20.5. The molecule has 184 valence electrons. The van der Waals surface area contributed by atoms with Gasteiger partial charge in [0.05, 0.1) is 29.0 Å². The number of piperazine rings is 1. The van der Waals surface area contributed by atoms with Crippen molar-refractivity contribution in [1.29, 1.82) is 0 Å². The highest BCUT2D eigenvalue weighted by Gasteiger charge is 2.29. The molecule has 8 heteroatoms. The lowest BCUT2D eigenvalue weighted by Gasteiger charge is -2.40. The number of anilines is 1. The summed E-state index contributed by atoms with van der Waals surface area (Å²) in [6.45, 7) is 9.44. The largest absolute Gasteiger partial charge is 0.372 e. The van der Waals surface area contributed by atoms with E-state index in [0.29, 0.717) is 5.75 Å². The number of para-hydroxylation sites is 2. The molecule has 0 bridgehead atoms. The fourth-order valence-corrected chi connectivity index (χ4v) is 6.54. The van der Waals surface area contributed by atoms with Gasteiger partial charge in [0.2, 0.25) is 5.91 Å². The van der Waals surface area contributed by atoms with Crippen molar-refractivity contribution in [2.75, 3.05) is 49.9 Å². The molecule has 3 aliphatic rings. The van der Waals surface area contributed by atoms with E-state index in [-0.39, 0.29) is 18.1 Å². The third-order valence-electron chi connectivity index (χ3n) is 7.33. The number of fused-ring (bicyclic) bond motifs is 1. The van der Waals surface area contributed by atoms with E-state index in [1.165, 1.54) is 43.9 Å². The summed E-state index contributed by atoms with van der Waals surface area (Å²) in [7, 11) is 0. The van der Waals surface area contributed by atoms with Crippen LogP contribution in [-0.4, -0.2) is 88.9 Å². The van der Waals surface area contributed by atoms with Gasteiger partial charge in [-0.25, -0.2) is 9.97 Å². The number of ether oxygens (including phenoxy) is 1. The summed E-state index contributed by atoms with van der Waals surface area (Å²) in [6, 6.07) is 8.71. The van der Waals surface area contributed by atoms with Gasteiger partial charge in [-0.15, -0.1) is 0 Å². The van der Waals surface area contributed by atoms with Crippen molar-refractivity contribution in [3.63, 3.8) is 0 Å². The number of amides is 1. The molecule has 0 N–H and O–H groups in total. The first kappa shape index (κ1) is 23.8. The van der Waals surface area contributed by atoms with E-state index in [2.05, 4.69) is 23.6 Å². The van der Waals surface area contributed by atoms with Crippen LogP contribution < -0.4 is 4.90 Å². The third-order valence-corrected chi connectivity index (χ3v) is 8.27. The van der Waals surface area contributed by atoms with Gasteiger partial charge in [-0.2, -0.15) is 0 Å². The van der Waals surface area contributed by atoms with Gasteiger partial charge in [-0.05, 0) is 38.8 Å². The maximum atomic E-state index is 13.1. The van der Waals surface area contributed by atoms with Crippen molar-refractivity contribution in [1.82, 2.24) is 19.8 Å². The predicted molar refractivity (Wildman–Crippen MR) is 138 cm³/mol. The lowest BCUT2D eigenvalue weighted by molar-refractivity contribution is -0.130. The molecular formula is C26H37N5O2S. The monoisotopic (exact) mass is 483 g/mol. The van der Waals surface area contributed by atoms with E-state index in [1.54, 1.807) is 0 Å². The normalized spacial score (nSPS) is 25.1. The molecule has 3 heterocycles. The summed E-state index contributed by atoms with van der Waals surface area (Å²) in [5.41, 5.74) is 1.76. The van der Waals surface area contributed by atoms with Crippen LogP contribution in [0.15, 0.2) is 29.3 Å². The Morgan fingerprint density at radius 3 is 2.29 bits per heavy atom. The Morgan fingerprint density at radius 2 is 1.62 bits per heavy atom. The molecule has 2 unspecified atom stereocenters. The van der Waals surface area contributed by atoms with Crippen LogP contribution in [0.3, 0.4) is 0 Å². The van der Waals surface area contributed by atoms with Crippen LogP contribution >= 0.6 is 11.8 Å². The zero-order valence-corrected chi connectivity index (χ0v) is 21.3. The van der Waals surface area contributed by atoms with Crippen molar-refractivity contribution in [2.45, 2.75) is 69.2 Å². The molecule has 0 spiro atoms. The standard InChI is InChI=1S/C26H37N5O2S/c1-19-16-31(17-20(2)33-19)25-26(28-23-11-7-6-10-22(23)27-25)34-18-24(32)30-14-12-29(13-15-30)21-8-4-3-5-9-21/h6-7,10-11,19-21H,3-5,8-9,12-18H2,1-2H3. The highest BCUT2D eigenvalue weighted by Crippen LogP contribution is 2.31. The SMILES string of the molecule is CC1CN(c2nc3ccccc3nc2SCC(=O)N2CCN(C3CCCCC3)CC2)CC(C)O1. The number of rotatable bonds is 5. The van der Waals surface area contributed by atoms with Gasteiger partial charge in [0.15, 0.2) is 5.82 Å². The lowest BCUT2D eigenvalue weighted by Crippen LogP contribution is -2.52. The minimum absolute atomic E-state index is 0.136. The Kier molecular flexibility index (Phi) is 7.56. The molecule has 5 rings (SSSR count). The number of hydrogen-bond donors (Lipinski definition) is 0. The van der Waals surface area contributed by atoms with Gasteiger partial charge >= 0.3 is 0 Å². The molecule has 2 atom stereocenters. The van der Waals surface area contributed by atoms with Crippen molar-refractivity contribution in [3.05, 3.63) is 24.3 Å². The Balaban J connectivity index is 1.25. The van der Waals surface area contributed by atoms with E-state index < -0.39 is 0 Å². The number of morpholine rings is 1. The maximum absolute atomic E-state index is 13.1. The minimum atomic E-state index is 0.136. The summed E-state index contributed by atoms with van der Waals surface area (Å²) >= 11 is 1.53. The van der Waals surface area contributed by atoms with Crippen LogP contribution in [0.4, 0.5) is 5.82 Å². The first-order chi connectivity index (χ1) is 16.6. The molecule has 7 nitrogen and oxygen atoms in total. The number of hydrogen-bond acceptors (Lipinski definition) is 7. The second-order valence-electron chi connectivity index (χ2n) is 10.0. The van der Waals surface area contributed by atoms with Crippen LogP contribution in [-0.2, 0) is 9.53 Å². The van der Waals surface area contributed by atoms with Crippen LogP contribution in [0, 0.1) is 0 Å². The first-order valence-corrected chi connectivity index (χ1v) is 13.9. The van der Waals surface area contributed by atoms with Crippen molar-refractivity contribution in [3.8, 4) is 0 Å². The van der Waals surface area contributed by atoms with E-state index in [0.717, 1.165) is 67.2 Å². The maximum Gasteiger partial charge on any atom is 0.233 e. The van der Waals surface area contributed by atoms with Gasteiger partial charge < -0.3 is 14.5 Å². The second kappa shape index (κ2) is 10.8. The molecule has 1 saturated carbocycles. The molecule has 0 radical (unpaired) electrons. The Hall–Kier alpha value is -1.90. The van der Waals surface area contributed by atoms with E-state index >= 15 is 0 Å². The summed E-state index contributed by atoms with van der Waals surface area (Å²) in [5.74, 6) is 1.48. The lowest BCUT2D eigenvalue weighted by atomic mass is 9.94. The van der Waals surface area contributed by atoms with E-state index in [9.17, 15) is 4.79 Å². The minimum Gasteiger partial charge on any atom is -0.372 e. The van der Waals surface area contributed by atoms with Crippen LogP contribution in [0.2, 0.25) is 0 Å². The molecule has 3 fully saturated rings. The molecule has 2 aliphatic heterocycles. The smallest absolute Gasteiger partial charge is 0.233 e. The van der Waals surface area contributed by atoms with Gasteiger partial charge in [-0.1, -0.05) is 43.2 Å². The number of carbonyl (C=O) groups is 1. The third kappa shape index (κ3) is 5.50. The number of carbonyl (C=O) groups excluding carboxylic acids is 1. The average Bonchev–Trinajstić information content (AvgIpc) is 2.86. The quantitative estimate of drug-likeness (QED) is 0.599. The Bertz CT molecular complexity index is 980. The second-order valence-corrected chi connectivity index (χ2v) is 11.0. The molecule has 1 amide bonds. The Morgan fingerprint density at radius 1 is 0.971 bits per heavy atom. The highest BCUT2D eigenvalue weighted by molar-refractivity contribution is 8.00. The number of aromatic nitrogens is 2. The molecule has 2 aromatic rings. The molecule has 34 heavy (non-hydrogen) atoms. The van der Waals surface area contributed by atoms with Crippen molar-refractivity contribution >= 4 is 34.5 Å². The van der Waals surface area contributed by atoms with Gasteiger partial charge in [-0.3, -0.25) is 9.69 Å². The first-order valence-electron chi connectivity index (χ1n) is 12.9. The fourth-order valence-electron chi connectivity index (χ4n) is 5.63. The molecule has 1 aromatic carbocycles. The molecule has 1 aromatic heterocycles. The Labute approximate surface area is 207 Å². The predicted octanol–water partition coefficient (Wildman–Crippen LogP) is 3.81. The van der Waals surface area contributed by atoms with Crippen LogP contribution in [0.1, 0.15) is 46.0 Å². The van der Waals surface area contributed by atoms with Crippen LogP contribution in [0.25, 0.3) is 11.0 Å². The number of benzene rings is 1. The summed E-state index contributed by atoms with van der Waals surface area (Å²) in [4.78, 5) is 29.9. The summed E-state index contributed by atoms with van der Waals surface area (Å²) in [6.07, 6.45) is 7.02. The molecule has 2 saturated heterocycles. The van der Waals surface area contributed by atoms with E-state index in [1.807, 2.05) is 29.2 Å². The van der Waals surface area contributed by atoms with Crippen molar-refractivity contribution in [2.24, 2.45) is 0 Å². The number of thioether (sulfide) groups is 1. The summed E-state index contributed by atoms with van der Waals surface area (Å²) in [5, 5.41) is 0.842. The number of nitrogens with zero attached hydrogens (tertiary/aromatic N) is 5. The zero-order chi connectivity index (χ0) is 23.5. The highest BCUT2D eigenvalue weighted by atomic mass is 32.2. The van der Waals surface area contributed by atoms with Crippen LogP contribution in [0.5, 0.6) is 0 Å².